The molecular formula is C15H23N3O6. The van der Waals surface area contributed by atoms with Gasteiger partial charge in [0.25, 0.3) is 5.88 Å². The van der Waals surface area contributed by atoms with E-state index in [2.05, 4.69) is 10.3 Å². The molecule has 0 aliphatic heterocycles. The molecule has 134 valence electrons. The smallest absolute Gasteiger partial charge is 0.407 e. The van der Waals surface area contributed by atoms with Crippen molar-refractivity contribution < 1.29 is 23.9 Å². The predicted octanol–water partition coefficient (Wildman–Crippen LogP) is 2.43. The Morgan fingerprint density at radius 2 is 2.12 bits per heavy atom. The number of rotatable bonds is 7. The largest absolute Gasteiger partial charge is 0.476 e. The quantitative estimate of drug-likeness (QED) is 0.598. The molecule has 1 aromatic heterocycles. The molecular weight excluding hydrogens is 318 g/mol. The first-order valence-corrected chi connectivity index (χ1v) is 7.37. The van der Waals surface area contributed by atoms with Gasteiger partial charge >= 0.3 is 11.8 Å². The summed E-state index contributed by atoms with van der Waals surface area (Å²) in [6, 6.07) is 1.07. The van der Waals surface area contributed by atoms with Gasteiger partial charge in [-0.15, -0.1) is 0 Å². The van der Waals surface area contributed by atoms with E-state index in [1.54, 1.807) is 27.7 Å². The average Bonchev–Trinajstić information content (AvgIpc) is 2.44. The monoisotopic (exact) mass is 341 g/mol. The Morgan fingerprint density at radius 3 is 2.67 bits per heavy atom. The Morgan fingerprint density at radius 1 is 1.46 bits per heavy atom. The average molecular weight is 341 g/mol. The van der Waals surface area contributed by atoms with Crippen molar-refractivity contribution in [1.82, 2.24) is 10.3 Å². The second-order valence-electron chi connectivity index (χ2n) is 6.19. The van der Waals surface area contributed by atoms with E-state index in [1.807, 2.05) is 0 Å². The lowest BCUT2D eigenvalue weighted by Gasteiger charge is -2.21. The van der Waals surface area contributed by atoms with Crippen molar-refractivity contribution in [3.63, 3.8) is 0 Å². The van der Waals surface area contributed by atoms with Crippen LogP contribution in [0.1, 0.15) is 33.3 Å². The minimum Gasteiger partial charge on any atom is -0.476 e. The van der Waals surface area contributed by atoms with E-state index in [1.165, 1.54) is 19.4 Å². The Labute approximate surface area is 140 Å². The highest BCUT2D eigenvalue weighted by Crippen LogP contribution is 2.24. The number of nitro groups is 1. The molecule has 1 N–H and O–H groups in total. The van der Waals surface area contributed by atoms with Crippen LogP contribution in [-0.2, 0) is 16.1 Å². The van der Waals surface area contributed by atoms with E-state index >= 15 is 0 Å². The van der Waals surface area contributed by atoms with E-state index in [9.17, 15) is 14.9 Å². The van der Waals surface area contributed by atoms with Crippen LogP contribution in [0.2, 0.25) is 0 Å². The third kappa shape index (κ3) is 6.78. The van der Waals surface area contributed by atoms with Gasteiger partial charge in [0.05, 0.1) is 31.3 Å². The van der Waals surface area contributed by atoms with Crippen LogP contribution in [-0.4, -0.2) is 41.4 Å². The number of methoxy groups -OCH3 is 1. The number of hydrogen-bond donors (Lipinski definition) is 1. The number of alkyl carbamates (subject to hydrolysis) is 1. The van der Waals surface area contributed by atoms with E-state index in [4.69, 9.17) is 14.2 Å². The Hall–Kier alpha value is -2.42. The lowest BCUT2D eigenvalue weighted by molar-refractivity contribution is -0.386. The maximum atomic E-state index is 11.6. The summed E-state index contributed by atoms with van der Waals surface area (Å²) in [7, 11) is 1.32. The van der Waals surface area contributed by atoms with Crippen molar-refractivity contribution in [2.24, 2.45) is 0 Å². The highest BCUT2D eigenvalue weighted by Gasteiger charge is 2.19. The molecule has 0 bridgehead atoms. The molecule has 1 amide bonds. The van der Waals surface area contributed by atoms with Crippen LogP contribution >= 0.6 is 0 Å². The van der Waals surface area contributed by atoms with E-state index in [-0.39, 0.29) is 30.8 Å². The number of aromatic nitrogens is 1. The van der Waals surface area contributed by atoms with Gasteiger partial charge in [-0.3, -0.25) is 10.1 Å². The van der Waals surface area contributed by atoms with Gasteiger partial charge in [-0.2, -0.15) is 0 Å². The molecule has 0 aliphatic carbocycles. The highest BCUT2D eigenvalue weighted by atomic mass is 16.6. The van der Waals surface area contributed by atoms with Crippen LogP contribution in [0.4, 0.5) is 10.5 Å². The Balaban J connectivity index is 2.48. The lowest BCUT2D eigenvalue weighted by Crippen LogP contribution is -2.39. The van der Waals surface area contributed by atoms with Crippen molar-refractivity contribution in [2.45, 2.75) is 45.9 Å². The normalized spacial score (nSPS) is 12.4. The molecule has 0 radical (unpaired) electrons. The fraction of sp³-hybridized carbons (Fsp3) is 0.600. The van der Waals surface area contributed by atoms with Crippen molar-refractivity contribution in [2.75, 3.05) is 13.7 Å². The predicted molar refractivity (Wildman–Crippen MR) is 85.9 cm³/mol. The van der Waals surface area contributed by atoms with Gasteiger partial charge in [0.1, 0.15) is 5.60 Å². The van der Waals surface area contributed by atoms with Gasteiger partial charge in [-0.25, -0.2) is 9.78 Å². The summed E-state index contributed by atoms with van der Waals surface area (Å²) >= 11 is 0. The van der Waals surface area contributed by atoms with Crippen LogP contribution in [0, 0.1) is 10.1 Å². The molecule has 1 heterocycles. The maximum Gasteiger partial charge on any atom is 0.407 e. The molecule has 1 atom stereocenters. The SMILES string of the molecule is COc1ncc(COCC(C)NC(=O)OC(C)(C)C)cc1[N+](=O)[O-]. The zero-order valence-electron chi connectivity index (χ0n) is 14.5. The van der Waals surface area contributed by atoms with Crippen LogP contribution < -0.4 is 10.1 Å². The topological polar surface area (TPSA) is 113 Å². The molecule has 0 aliphatic rings. The molecule has 1 unspecified atom stereocenters. The van der Waals surface area contributed by atoms with Crippen molar-refractivity contribution in [3.05, 3.63) is 27.9 Å². The molecule has 9 nitrogen and oxygen atoms in total. The standard InChI is InChI=1S/C15H23N3O6/c1-10(17-14(19)24-15(2,3)4)8-23-9-11-6-12(18(20)21)13(22-5)16-7-11/h6-7,10H,8-9H2,1-5H3,(H,17,19). The summed E-state index contributed by atoms with van der Waals surface area (Å²) in [5.41, 5.74) is -0.260. The van der Waals surface area contributed by atoms with Crippen LogP contribution in [0.25, 0.3) is 0 Å². The third-order valence-corrected chi connectivity index (χ3v) is 2.68. The van der Waals surface area contributed by atoms with E-state index in [0.717, 1.165) is 0 Å². The molecule has 0 saturated carbocycles. The first-order chi connectivity index (χ1) is 11.1. The number of nitrogens with zero attached hydrogens (tertiary/aromatic N) is 2. The Kier molecular flexibility index (Phi) is 6.90. The highest BCUT2D eigenvalue weighted by molar-refractivity contribution is 5.68. The van der Waals surface area contributed by atoms with Gasteiger partial charge in [-0.1, -0.05) is 0 Å². The first-order valence-electron chi connectivity index (χ1n) is 7.37. The fourth-order valence-electron chi connectivity index (χ4n) is 1.75. The summed E-state index contributed by atoms with van der Waals surface area (Å²) < 4.78 is 15.4. The van der Waals surface area contributed by atoms with E-state index < -0.39 is 16.6 Å². The number of carbonyl (C=O) groups is 1. The van der Waals surface area contributed by atoms with Gasteiger partial charge in [0, 0.05) is 17.8 Å². The van der Waals surface area contributed by atoms with Gasteiger partial charge < -0.3 is 19.5 Å². The number of hydrogen-bond acceptors (Lipinski definition) is 7. The third-order valence-electron chi connectivity index (χ3n) is 2.68. The second kappa shape index (κ2) is 8.44. The zero-order valence-corrected chi connectivity index (χ0v) is 14.5. The lowest BCUT2D eigenvalue weighted by atomic mass is 10.2. The maximum absolute atomic E-state index is 11.6. The zero-order chi connectivity index (χ0) is 18.3. The van der Waals surface area contributed by atoms with Crippen LogP contribution in [0.15, 0.2) is 12.3 Å². The van der Waals surface area contributed by atoms with Crippen molar-refractivity contribution in [1.29, 1.82) is 0 Å². The second-order valence-corrected chi connectivity index (χ2v) is 6.19. The summed E-state index contributed by atoms with van der Waals surface area (Å²) in [5, 5.41) is 13.6. The van der Waals surface area contributed by atoms with Gasteiger partial charge in [-0.05, 0) is 27.7 Å². The molecule has 9 heteroatoms. The summed E-state index contributed by atoms with van der Waals surface area (Å²) in [5.74, 6) is -0.0521. The van der Waals surface area contributed by atoms with Crippen LogP contribution in [0.5, 0.6) is 5.88 Å². The summed E-state index contributed by atoms with van der Waals surface area (Å²) in [6.07, 6.45) is 0.915. The number of carbonyl (C=O) groups excluding carboxylic acids is 1. The van der Waals surface area contributed by atoms with Crippen molar-refractivity contribution >= 4 is 11.8 Å². The number of amides is 1. The number of nitrogens with one attached hydrogen (secondary N) is 1. The molecule has 0 saturated heterocycles. The first kappa shape index (κ1) is 19.6. The fourth-order valence-corrected chi connectivity index (χ4v) is 1.75. The summed E-state index contributed by atoms with van der Waals surface area (Å²) in [6.45, 7) is 7.43. The molecule has 24 heavy (non-hydrogen) atoms. The van der Waals surface area contributed by atoms with Crippen molar-refractivity contribution in [3.8, 4) is 5.88 Å². The Bertz CT molecular complexity index is 585. The van der Waals surface area contributed by atoms with Gasteiger partial charge in [0.15, 0.2) is 0 Å². The van der Waals surface area contributed by atoms with Crippen LogP contribution in [0.3, 0.4) is 0 Å². The number of pyridine rings is 1. The minimum atomic E-state index is -0.571. The molecule has 1 rings (SSSR count). The van der Waals surface area contributed by atoms with Gasteiger partial charge in [0.2, 0.25) is 0 Å². The molecule has 0 spiro atoms. The molecule has 1 aromatic rings. The molecule has 0 aromatic carbocycles. The molecule has 0 fully saturated rings. The summed E-state index contributed by atoms with van der Waals surface area (Å²) in [4.78, 5) is 25.8. The minimum absolute atomic E-state index is 0.0521. The number of ether oxygens (including phenoxy) is 3. The van der Waals surface area contributed by atoms with E-state index in [0.29, 0.717) is 5.56 Å².